The maximum absolute atomic E-state index is 12.8. The Kier molecular flexibility index (Phi) is 6.43. The summed E-state index contributed by atoms with van der Waals surface area (Å²) in [5, 5.41) is 0. The third kappa shape index (κ3) is 4.98. The first-order valence-electron chi connectivity index (χ1n) is 10.1. The van der Waals surface area contributed by atoms with Crippen molar-refractivity contribution in [1.82, 2.24) is 0 Å². The van der Waals surface area contributed by atoms with Gasteiger partial charge in [-0.25, -0.2) is 4.79 Å². The number of carbonyl (C=O) groups is 1. The second-order valence-corrected chi connectivity index (χ2v) is 8.66. The van der Waals surface area contributed by atoms with Gasteiger partial charge in [-0.15, -0.1) is 0 Å². The topological polar surface area (TPSA) is 54.0 Å². The fourth-order valence-electron chi connectivity index (χ4n) is 5.62. The van der Waals surface area contributed by atoms with Gasteiger partial charge >= 0.3 is 11.9 Å². The molecule has 3 atom stereocenters. The normalized spacial score (nSPS) is 36.0. The summed E-state index contributed by atoms with van der Waals surface area (Å²) in [6, 6.07) is 0. The van der Waals surface area contributed by atoms with E-state index in [0.29, 0.717) is 25.4 Å². The van der Waals surface area contributed by atoms with Crippen molar-refractivity contribution in [3.05, 3.63) is 0 Å². The molecule has 7 heteroatoms. The van der Waals surface area contributed by atoms with Crippen LogP contribution in [0.15, 0.2) is 0 Å². The zero-order valence-corrected chi connectivity index (χ0v) is 16.5. The number of hydrogen-bond donors (Lipinski definition) is 0. The van der Waals surface area contributed by atoms with E-state index in [2.05, 4.69) is 4.74 Å². The quantitative estimate of drug-likeness (QED) is 0.323. The number of alkyl halides is 2. The van der Waals surface area contributed by atoms with Crippen LogP contribution in [0, 0.1) is 23.2 Å². The zero-order valence-electron chi connectivity index (χ0n) is 16.5. The molecule has 0 amide bonds. The van der Waals surface area contributed by atoms with Gasteiger partial charge in [-0.05, 0) is 69.1 Å². The van der Waals surface area contributed by atoms with Crippen LogP contribution in [0.25, 0.3) is 0 Å². The largest absolute Gasteiger partial charge is 0.459 e. The van der Waals surface area contributed by atoms with Gasteiger partial charge in [0.05, 0.1) is 19.3 Å². The van der Waals surface area contributed by atoms with Crippen LogP contribution >= 0.6 is 0 Å². The van der Waals surface area contributed by atoms with Crippen molar-refractivity contribution in [2.45, 2.75) is 71.2 Å². The molecule has 0 heterocycles. The molecule has 4 fully saturated rings. The molecule has 4 saturated carbocycles. The molecule has 0 radical (unpaired) electrons. The van der Waals surface area contributed by atoms with Gasteiger partial charge in [0.25, 0.3) is 0 Å². The third-order valence-electron chi connectivity index (χ3n) is 6.32. The van der Waals surface area contributed by atoms with Gasteiger partial charge in [-0.3, -0.25) is 0 Å². The smallest absolute Gasteiger partial charge is 0.376 e. The van der Waals surface area contributed by atoms with E-state index in [1.807, 2.05) is 13.8 Å². The Morgan fingerprint density at radius 3 is 2.41 bits per heavy atom. The highest BCUT2D eigenvalue weighted by molar-refractivity contribution is 5.76. The molecule has 0 aromatic carbocycles. The molecule has 0 aromatic heterocycles. The highest BCUT2D eigenvalue weighted by atomic mass is 19.3. The number of hydrogen-bond acceptors (Lipinski definition) is 5. The standard InChI is InChI=1S/C20H32F2O5/c1-4-24-13(2)27-12-20-9-14-7-15(10-20)17(16(8-14)11-20)25-5-6-26-18(23)19(3,21)22/h13-17H,4-12H2,1-3H3. The van der Waals surface area contributed by atoms with Gasteiger partial charge in [-0.2, -0.15) is 8.78 Å². The number of carbonyl (C=O) groups excluding carboxylic acids is 1. The molecule has 0 spiro atoms. The van der Waals surface area contributed by atoms with Crippen LogP contribution in [-0.2, 0) is 23.7 Å². The fraction of sp³-hybridized carbons (Fsp3) is 0.950. The van der Waals surface area contributed by atoms with Gasteiger partial charge in [0, 0.05) is 13.5 Å². The van der Waals surface area contributed by atoms with Gasteiger partial charge in [0.1, 0.15) is 6.61 Å². The van der Waals surface area contributed by atoms with E-state index in [4.69, 9.17) is 14.2 Å². The van der Waals surface area contributed by atoms with Gasteiger partial charge < -0.3 is 18.9 Å². The summed E-state index contributed by atoms with van der Waals surface area (Å²) in [4.78, 5) is 11.1. The van der Waals surface area contributed by atoms with Crippen molar-refractivity contribution < 1.29 is 32.5 Å². The van der Waals surface area contributed by atoms with Crippen LogP contribution < -0.4 is 0 Å². The van der Waals surface area contributed by atoms with Crippen molar-refractivity contribution in [1.29, 1.82) is 0 Å². The van der Waals surface area contributed by atoms with Crippen LogP contribution in [-0.4, -0.2) is 50.7 Å². The van der Waals surface area contributed by atoms with Crippen LogP contribution in [0.2, 0.25) is 0 Å². The van der Waals surface area contributed by atoms with Gasteiger partial charge in [0.2, 0.25) is 0 Å². The average Bonchev–Trinajstić information content (AvgIpc) is 2.57. The van der Waals surface area contributed by atoms with E-state index < -0.39 is 11.9 Å². The first-order chi connectivity index (χ1) is 12.7. The molecule has 4 bridgehead atoms. The summed E-state index contributed by atoms with van der Waals surface area (Å²) in [7, 11) is 0. The summed E-state index contributed by atoms with van der Waals surface area (Å²) in [5.74, 6) is -3.26. The Morgan fingerprint density at radius 2 is 1.81 bits per heavy atom. The highest BCUT2D eigenvalue weighted by Gasteiger charge is 2.56. The SMILES string of the molecule is CCOC(C)OCC12CC3CC(C1)C(OCCOC(=O)C(C)(F)F)C(C3)C2. The molecule has 0 N–H and O–H groups in total. The first kappa shape index (κ1) is 20.9. The van der Waals surface area contributed by atoms with E-state index >= 15 is 0 Å². The summed E-state index contributed by atoms with van der Waals surface area (Å²) >= 11 is 0. The van der Waals surface area contributed by atoms with Crippen LogP contribution in [0.4, 0.5) is 8.78 Å². The molecule has 4 aliphatic rings. The summed E-state index contributed by atoms with van der Waals surface area (Å²) < 4.78 is 47.7. The van der Waals surface area contributed by atoms with E-state index in [1.165, 1.54) is 6.42 Å². The summed E-state index contributed by atoms with van der Waals surface area (Å²) in [5.41, 5.74) is 0.221. The second-order valence-electron chi connectivity index (χ2n) is 8.66. The lowest BCUT2D eigenvalue weighted by molar-refractivity contribution is -0.207. The molecule has 4 aliphatic carbocycles. The van der Waals surface area contributed by atoms with Crippen LogP contribution in [0.1, 0.15) is 52.9 Å². The van der Waals surface area contributed by atoms with E-state index in [-0.39, 0.29) is 31.0 Å². The van der Waals surface area contributed by atoms with E-state index in [1.54, 1.807) is 0 Å². The molecule has 27 heavy (non-hydrogen) atoms. The van der Waals surface area contributed by atoms with Crippen molar-refractivity contribution in [3.63, 3.8) is 0 Å². The third-order valence-corrected chi connectivity index (χ3v) is 6.32. The maximum atomic E-state index is 12.8. The summed E-state index contributed by atoms with van der Waals surface area (Å²) in [6.45, 7) is 5.88. The van der Waals surface area contributed by atoms with Crippen molar-refractivity contribution >= 4 is 5.97 Å². The lowest BCUT2D eigenvalue weighted by Crippen LogP contribution is -2.56. The Bertz CT molecular complexity index is 505. The lowest BCUT2D eigenvalue weighted by Gasteiger charge is -2.59. The molecule has 0 aliphatic heterocycles. The number of rotatable bonds is 10. The molecule has 0 saturated heterocycles. The number of esters is 1. The van der Waals surface area contributed by atoms with Gasteiger partial charge in [-0.1, -0.05) is 0 Å². The van der Waals surface area contributed by atoms with Crippen molar-refractivity contribution in [2.24, 2.45) is 23.2 Å². The lowest BCUT2D eigenvalue weighted by atomic mass is 9.49. The maximum Gasteiger partial charge on any atom is 0.376 e. The van der Waals surface area contributed by atoms with Gasteiger partial charge in [0.15, 0.2) is 6.29 Å². The van der Waals surface area contributed by atoms with E-state index in [9.17, 15) is 13.6 Å². The predicted octanol–water partition coefficient (Wildman–Crippen LogP) is 3.80. The minimum atomic E-state index is -3.45. The fourth-order valence-corrected chi connectivity index (χ4v) is 5.62. The molecule has 4 rings (SSSR count). The Morgan fingerprint density at radius 1 is 1.15 bits per heavy atom. The van der Waals surface area contributed by atoms with Crippen molar-refractivity contribution in [3.8, 4) is 0 Å². The number of halogens is 2. The predicted molar refractivity (Wildman–Crippen MR) is 94.3 cm³/mol. The Balaban J connectivity index is 1.47. The molecule has 0 aromatic rings. The molecular formula is C20H32F2O5. The zero-order chi connectivity index (χ0) is 19.7. The monoisotopic (exact) mass is 390 g/mol. The minimum Gasteiger partial charge on any atom is -0.459 e. The van der Waals surface area contributed by atoms with Crippen LogP contribution in [0.5, 0.6) is 0 Å². The average molecular weight is 390 g/mol. The van der Waals surface area contributed by atoms with Crippen molar-refractivity contribution in [2.75, 3.05) is 26.4 Å². The second kappa shape index (κ2) is 8.29. The Labute approximate surface area is 160 Å². The summed E-state index contributed by atoms with van der Waals surface area (Å²) in [6.07, 6.45) is 5.66. The number of ether oxygens (including phenoxy) is 4. The molecule has 5 nitrogen and oxygen atoms in total. The highest BCUT2D eigenvalue weighted by Crippen LogP contribution is 2.60. The Hall–Kier alpha value is -0.790. The molecule has 156 valence electrons. The van der Waals surface area contributed by atoms with Crippen LogP contribution in [0.3, 0.4) is 0 Å². The molecular weight excluding hydrogens is 358 g/mol. The molecule has 3 unspecified atom stereocenters. The first-order valence-corrected chi connectivity index (χ1v) is 10.1. The van der Waals surface area contributed by atoms with E-state index in [0.717, 1.165) is 38.2 Å². The minimum absolute atomic E-state index is 0.123.